The molecule has 96 valence electrons. The van der Waals surface area contributed by atoms with Crippen LogP contribution < -0.4 is 5.32 Å². The van der Waals surface area contributed by atoms with Gasteiger partial charge < -0.3 is 5.32 Å². The predicted octanol–water partition coefficient (Wildman–Crippen LogP) is 3.35. The Morgan fingerprint density at radius 2 is 2.33 bits per heavy atom. The first kappa shape index (κ1) is 13.2. The summed E-state index contributed by atoms with van der Waals surface area (Å²) in [6, 6.07) is 6.34. The number of hydrogen-bond donors (Lipinski definition) is 1. The number of rotatable bonds is 4. The van der Waals surface area contributed by atoms with Crippen LogP contribution in [0.15, 0.2) is 12.1 Å². The van der Waals surface area contributed by atoms with E-state index in [9.17, 15) is 0 Å². The highest BCUT2D eigenvalue weighted by molar-refractivity contribution is 7.99. The molecule has 2 unspecified atom stereocenters. The lowest BCUT2D eigenvalue weighted by atomic mass is 10.2. The van der Waals surface area contributed by atoms with E-state index in [-0.39, 0.29) is 0 Å². The molecular weight excluding hydrogens is 242 g/mol. The third kappa shape index (κ3) is 3.39. The maximum absolute atomic E-state index is 8.95. The van der Waals surface area contributed by atoms with Gasteiger partial charge in [-0.15, -0.1) is 0 Å². The number of anilines is 1. The fourth-order valence-corrected chi connectivity index (χ4v) is 3.62. The lowest BCUT2D eigenvalue weighted by molar-refractivity contribution is 0.751. The first-order valence-corrected chi connectivity index (χ1v) is 7.53. The van der Waals surface area contributed by atoms with Crippen LogP contribution in [-0.4, -0.2) is 22.0 Å². The minimum absolute atomic E-state index is 0.509. The van der Waals surface area contributed by atoms with Crippen molar-refractivity contribution in [1.82, 2.24) is 4.98 Å². The van der Waals surface area contributed by atoms with Crippen LogP contribution in [0.3, 0.4) is 0 Å². The molecule has 0 bridgehead atoms. The van der Waals surface area contributed by atoms with Gasteiger partial charge in [-0.2, -0.15) is 17.0 Å². The van der Waals surface area contributed by atoms with E-state index in [0.717, 1.165) is 16.8 Å². The van der Waals surface area contributed by atoms with Crippen molar-refractivity contribution in [2.24, 2.45) is 0 Å². The average molecular weight is 261 g/mol. The van der Waals surface area contributed by atoms with Crippen LogP contribution in [0.25, 0.3) is 0 Å². The Kier molecular flexibility index (Phi) is 4.48. The summed E-state index contributed by atoms with van der Waals surface area (Å²) in [4.78, 5) is 4.45. The normalized spacial score (nSPS) is 22.7. The van der Waals surface area contributed by atoms with Crippen molar-refractivity contribution < 1.29 is 0 Å². The highest BCUT2D eigenvalue weighted by Gasteiger charge is 2.24. The van der Waals surface area contributed by atoms with Crippen LogP contribution in [-0.2, 0) is 0 Å². The van der Waals surface area contributed by atoms with E-state index in [0.29, 0.717) is 11.6 Å². The molecule has 4 heteroatoms. The number of thioether (sulfide) groups is 1. The Morgan fingerprint density at radius 3 is 3.06 bits per heavy atom. The second-order valence-corrected chi connectivity index (χ2v) is 6.30. The molecule has 1 fully saturated rings. The number of pyridine rings is 1. The van der Waals surface area contributed by atoms with Crippen LogP contribution in [0.1, 0.15) is 37.4 Å². The molecule has 1 aliphatic rings. The standard InChI is InChI=1S/C14H19N3S/c1-3-18-13-5-4-12(8-13)17-14-7-11(9-15)6-10(2)16-14/h6-7,12-13H,3-5,8H2,1-2H3,(H,16,17). The summed E-state index contributed by atoms with van der Waals surface area (Å²) in [5.74, 6) is 2.04. The monoisotopic (exact) mass is 261 g/mol. The third-order valence-corrected chi connectivity index (χ3v) is 4.45. The van der Waals surface area contributed by atoms with Gasteiger partial charge in [-0.3, -0.25) is 0 Å². The number of aryl methyl sites for hydroxylation is 1. The van der Waals surface area contributed by atoms with Gasteiger partial charge in [-0.05, 0) is 44.1 Å². The molecule has 3 nitrogen and oxygen atoms in total. The molecule has 18 heavy (non-hydrogen) atoms. The van der Waals surface area contributed by atoms with Crippen LogP contribution in [0.4, 0.5) is 5.82 Å². The van der Waals surface area contributed by atoms with E-state index in [1.54, 1.807) is 0 Å². The largest absolute Gasteiger partial charge is 0.367 e. The van der Waals surface area contributed by atoms with E-state index in [1.807, 2.05) is 19.1 Å². The lowest BCUT2D eigenvalue weighted by Gasteiger charge is -2.14. The summed E-state index contributed by atoms with van der Waals surface area (Å²) in [5.41, 5.74) is 1.58. The quantitative estimate of drug-likeness (QED) is 0.903. The van der Waals surface area contributed by atoms with Gasteiger partial charge in [0, 0.05) is 17.0 Å². The number of nitrogens with zero attached hydrogens (tertiary/aromatic N) is 2. The molecule has 1 heterocycles. The van der Waals surface area contributed by atoms with Gasteiger partial charge >= 0.3 is 0 Å². The van der Waals surface area contributed by atoms with E-state index in [4.69, 9.17) is 5.26 Å². The van der Waals surface area contributed by atoms with Crippen molar-refractivity contribution >= 4 is 17.6 Å². The fraction of sp³-hybridized carbons (Fsp3) is 0.571. The second kappa shape index (κ2) is 6.10. The molecule has 0 saturated heterocycles. The number of nitriles is 1. The van der Waals surface area contributed by atoms with Crippen molar-refractivity contribution in [3.8, 4) is 6.07 Å². The molecule has 0 aliphatic heterocycles. The minimum Gasteiger partial charge on any atom is -0.367 e. The van der Waals surface area contributed by atoms with Crippen LogP contribution >= 0.6 is 11.8 Å². The van der Waals surface area contributed by atoms with Gasteiger partial charge in [-0.1, -0.05) is 6.92 Å². The average Bonchev–Trinajstić information content (AvgIpc) is 2.76. The summed E-state index contributed by atoms with van der Waals surface area (Å²) in [5, 5.41) is 13.2. The zero-order valence-electron chi connectivity index (χ0n) is 10.9. The Bertz CT molecular complexity index is 453. The van der Waals surface area contributed by atoms with E-state index >= 15 is 0 Å². The number of aromatic nitrogens is 1. The Hall–Kier alpha value is -1.21. The molecule has 2 rings (SSSR count). The second-order valence-electron chi connectivity index (χ2n) is 4.73. The first-order chi connectivity index (χ1) is 8.71. The summed E-state index contributed by atoms with van der Waals surface area (Å²) in [6.07, 6.45) is 3.69. The van der Waals surface area contributed by atoms with Crippen molar-refractivity contribution in [2.45, 2.75) is 44.4 Å². The van der Waals surface area contributed by atoms with Crippen molar-refractivity contribution in [2.75, 3.05) is 11.1 Å². The maximum atomic E-state index is 8.95. The SMILES string of the molecule is CCSC1CCC(Nc2cc(C#N)cc(C)n2)C1. The fourth-order valence-electron chi connectivity index (χ4n) is 2.47. The van der Waals surface area contributed by atoms with Crippen molar-refractivity contribution in [3.63, 3.8) is 0 Å². The van der Waals surface area contributed by atoms with Gasteiger partial charge in [-0.25, -0.2) is 4.98 Å². The van der Waals surface area contributed by atoms with Crippen molar-refractivity contribution in [1.29, 1.82) is 5.26 Å². The summed E-state index contributed by atoms with van der Waals surface area (Å²) >= 11 is 2.05. The molecule has 0 spiro atoms. The topological polar surface area (TPSA) is 48.7 Å². The van der Waals surface area contributed by atoms with Gasteiger partial charge in [0.25, 0.3) is 0 Å². The molecule has 1 aliphatic carbocycles. The molecule has 1 N–H and O–H groups in total. The Morgan fingerprint density at radius 1 is 1.50 bits per heavy atom. The minimum atomic E-state index is 0.509. The highest BCUT2D eigenvalue weighted by atomic mass is 32.2. The summed E-state index contributed by atoms with van der Waals surface area (Å²) < 4.78 is 0. The maximum Gasteiger partial charge on any atom is 0.127 e. The predicted molar refractivity (Wildman–Crippen MR) is 76.9 cm³/mol. The van der Waals surface area contributed by atoms with Crippen molar-refractivity contribution in [3.05, 3.63) is 23.4 Å². The van der Waals surface area contributed by atoms with Gasteiger partial charge in [0.15, 0.2) is 0 Å². The van der Waals surface area contributed by atoms with Crippen LogP contribution in [0, 0.1) is 18.3 Å². The lowest BCUT2D eigenvalue weighted by Crippen LogP contribution is -2.17. The molecule has 1 aromatic heterocycles. The van der Waals surface area contributed by atoms with Gasteiger partial charge in [0.2, 0.25) is 0 Å². The summed E-state index contributed by atoms with van der Waals surface area (Å²) in [7, 11) is 0. The molecule has 1 aromatic rings. The van der Waals surface area contributed by atoms with Gasteiger partial charge in [0.1, 0.15) is 5.82 Å². The van der Waals surface area contributed by atoms with Gasteiger partial charge in [0.05, 0.1) is 11.6 Å². The Balaban J connectivity index is 1.98. The zero-order valence-corrected chi connectivity index (χ0v) is 11.8. The number of hydrogen-bond acceptors (Lipinski definition) is 4. The van der Waals surface area contributed by atoms with E-state index in [1.165, 1.54) is 25.0 Å². The van der Waals surface area contributed by atoms with E-state index in [2.05, 4.69) is 35.1 Å². The number of nitrogens with one attached hydrogen (secondary N) is 1. The van der Waals surface area contributed by atoms with Crippen LogP contribution in [0.5, 0.6) is 0 Å². The Labute approximate surface area is 113 Å². The smallest absolute Gasteiger partial charge is 0.127 e. The first-order valence-electron chi connectivity index (χ1n) is 6.48. The molecule has 0 radical (unpaired) electrons. The molecule has 2 atom stereocenters. The van der Waals surface area contributed by atoms with E-state index < -0.39 is 0 Å². The molecular formula is C14H19N3S. The third-order valence-electron chi connectivity index (χ3n) is 3.22. The molecule has 0 aromatic carbocycles. The van der Waals surface area contributed by atoms with Crippen LogP contribution in [0.2, 0.25) is 0 Å². The highest BCUT2D eigenvalue weighted by Crippen LogP contribution is 2.31. The zero-order chi connectivity index (χ0) is 13.0. The molecule has 0 amide bonds. The molecule has 1 saturated carbocycles. The summed E-state index contributed by atoms with van der Waals surface area (Å²) in [6.45, 7) is 4.14.